The van der Waals surface area contributed by atoms with Gasteiger partial charge < -0.3 is 10.6 Å². The summed E-state index contributed by atoms with van der Waals surface area (Å²) in [6.45, 7) is 1.36. The summed E-state index contributed by atoms with van der Waals surface area (Å²) < 4.78 is 26.1. The van der Waals surface area contributed by atoms with Crippen LogP contribution in [0.2, 0.25) is 0 Å². The number of nitrogens with one attached hydrogen (secondary N) is 2. The fourth-order valence-electron chi connectivity index (χ4n) is 2.24. The molecule has 0 heterocycles. The highest BCUT2D eigenvalue weighted by molar-refractivity contribution is 7.98. The van der Waals surface area contributed by atoms with Gasteiger partial charge in [0, 0.05) is 25.8 Å². The normalized spacial score (nSPS) is 20.2. The molecule has 1 rings (SSSR count). The second-order valence-electron chi connectivity index (χ2n) is 5.17. The molecule has 0 radical (unpaired) electrons. The largest absolute Gasteiger partial charge is 0.352 e. The number of alkyl halides is 2. The maximum atomic E-state index is 13.0. The van der Waals surface area contributed by atoms with Crippen molar-refractivity contribution >= 4 is 23.6 Å². The van der Waals surface area contributed by atoms with E-state index in [-0.39, 0.29) is 43.5 Å². The summed E-state index contributed by atoms with van der Waals surface area (Å²) in [6.07, 6.45) is 2.66. The van der Waals surface area contributed by atoms with Crippen molar-refractivity contribution in [3.8, 4) is 0 Å². The SMILES string of the molecule is CSCC[C@@H](NC(C)=O)C(=O)NC1CCC(F)(F)CC1. The Kier molecular flexibility index (Phi) is 6.71. The molecule has 1 atom stereocenters. The van der Waals surface area contributed by atoms with Crippen molar-refractivity contribution < 1.29 is 18.4 Å². The standard InChI is InChI=1S/C13H22F2N2O2S/c1-9(18)16-11(5-8-20-2)12(19)17-10-3-6-13(14,15)7-4-10/h10-11H,3-8H2,1-2H3,(H,16,18)(H,17,19)/t11-/m1/s1. The third kappa shape index (κ3) is 6.07. The lowest BCUT2D eigenvalue weighted by Crippen LogP contribution is -2.50. The predicted octanol–water partition coefficient (Wildman–Crippen LogP) is 1.94. The molecule has 0 aromatic rings. The summed E-state index contributed by atoms with van der Waals surface area (Å²) in [7, 11) is 0. The van der Waals surface area contributed by atoms with Crippen LogP contribution in [0.5, 0.6) is 0 Å². The molecule has 1 fully saturated rings. The van der Waals surface area contributed by atoms with Gasteiger partial charge in [0.05, 0.1) is 0 Å². The first-order valence-electron chi connectivity index (χ1n) is 6.78. The molecule has 2 amide bonds. The topological polar surface area (TPSA) is 58.2 Å². The fourth-order valence-corrected chi connectivity index (χ4v) is 2.71. The van der Waals surface area contributed by atoms with E-state index in [0.29, 0.717) is 6.42 Å². The molecular formula is C13H22F2N2O2S. The summed E-state index contributed by atoms with van der Waals surface area (Å²) >= 11 is 1.59. The molecule has 1 aliphatic carbocycles. The van der Waals surface area contributed by atoms with Crippen LogP contribution in [0.15, 0.2) is 0 Å². The van der Waals surface area contributed by atoms with Crippen LogP contribution < -0.4 is 10.6 Å². The third-order valence-electron chi connectivity index (χ3n) is 3.37. The zero-order valence-electron chi connectivity index (χ0n) is 11.9. The Hall–Kier alpha value is -0.850. The van der Waals surface area contributed by atoms with Gasteiger partial charge in [0.1, 0.15) is 6.04 Å². The van der Waals surface area contributed by atoms with Crippen molar-refractivity contribution in [3.63, 3.8) is 0 Å². The summed E-state index contributed by atoms with van der Waals surface area (Å²) in [6, 6.07) is -0.796. The number of amides is 2. The van der Waals surface area contributed by atoms with Gasteiger partial charge in [0.2, 0.25) is 17.7 Å². The van der Waals surface area contributed by atoms with E-state index < -0.39 is 12.0 Å². The van der Waals surface area contributed by atoms with Crippen LogP contribution >= 0.6 is 11.8 Å². The Morgan fingerprint density at radius 2 is 1.95 bits per heavy atom. The van der Waals surface area contributed by atoms with E-state index >= 15 is 0 Å². The lowest BCUT2D eigenvalue weighted by molar-refractivity contribution is -0.129. The van der Waals surface area contributed by atoms with E-state index in [4.69, 9.17) is 0 Å². The minimum absolute atomic E-state index is 0.187. The molecule has 0 spiro atoms. The van der Waals surface area contributed by atoms with Crippen molar-refractivity contribution in [1.82, 2.24) is 10.6 Å². The number of carbonyl (C=O) groups is 2. The van der Waals surface area contributed by atoms with Gasteiger partial charge in [0.15, 0.2) is 0 Å². The first-order valence-corrected chi connectivity index (χ1v) is 8.17. The van der Waals surface area contributed by atoms with Crippen LogP contribution in [0, 0.1) is 0 Å². The third-order valence-corrected chi connectivity index (χ3v) is 4.01. The van der Waals surface area contributed by atoms with E-state index in [1.165, 1.54) is 6.92 Å². The summed E-state index contributed by atoms with van der Waals surface area (Å²) in [4.78, 5) is 23.2. The average molecular weight is 308 g/mol. The van der Waals surface area contributed by atoms with Crippen LogP contribution in [0.4, 0.5) is 8.78 Å². The molecule has 0 aliphatic heterocycles. The highest BCUT2D eigenvalue weighted by Crippen LogP contribution is 2.32. The van der Waals surface area contributed by atoms with E-state index in [0.717, 1.165) is 5.75 Å². The van der Waals surface area contributed by atoms with Crippen molar-refractivity contribution in [2.24, 2.45) is 0 Å². The number of thioether (sulfide) groups is 1. The van der Waals surface area contributed by atoms with E-state index in [1.807, 2.05) is 6.26 Å². The van der Waals surface area contributed by atoms with Crippen LogP contribution in [-0.2, 0) is 9.59 Å². The van der Waals surface area contributed by atoms with Crippen LogP contribution in [0.3, 0.4) is 0 Å². The van der Waals surface area contributed by atoms with Gasteiger partial charge in [-0.1, -0.05) is 0 Å². The zero-order chi connectivity index (χ0) is 15.2. The molecular weight excluding hydrogens is 286 g/mol. The molecule has 0 aromatic carbocycles. The molecule has 20 heavy (non-hydrogen) atoms. The van der Waals surface area contributed by atoms with Gasteiger partial charge in [0.25, 0.3) is 0 Å². The van der Waals surface area contributed by atoms with Gasteiger partial charge in [-0.2, -0.15) is 11.8 Å². The number of rotatable bonds is 6. The Balaban J connectivity index is 2.46. The van der Waals surface area contributed by atoms with E-state index in [1.54, 1.807) is 11.8 Å². The summed E-state index contributed by atoms with van der Waals surface area (Å²) in [5, 5.41) is 5.38. The molecule has 0 aromatic heterocycles. The van der Waals surface area contributed by atoms with Crippen molar-refractivity contribution in [2.75, 3.05) is 12.0 Å². The number of carbonyl (C=O) groups excluding carboxylic acids is 2. The molecule has 1 aliphatic rings. The summed E-state index contributed by atoms with van der Waals surface area (Å²) in [5.74, 6) is -2.39. The van der Waals surface area contributed by atoms with Gasteiger partial charge >= 0.3 is 0 Å². The molecule has 0 unspecified atom stereocenters. The average Bonchev–Trinajstić information content (AvgIpc) is 2.36. The Labute approximate surface area is 122 Å². The van der Waals surface area contributed by atoms with Gasteiger partial charge in [-0.3, -0.25) is 9.59 Å². The lowest BCUT2D eigenvalue weighted by atomic mass is 9.92. The molecule has 0 saturated heterocycles. The molecule has 116 valence electrons. The fraction of sp³-hybridized carbons (Fsp3) is 0.846. The van der Waals surface area contributed by atoms with Gasteiger partial charge in [-0.05, 0) is 31.3 Å². The summed E-state index contributed by atoms with van der Waals surface area (Å²) in [5.41, 5.74) is 0. The van der Waals surface area contributed by atoms with Gasteiger partial charge in [-0.25, -0.2) is 8.78 Å². The zero-order valence-corrected chi connectivity index (χ0v) is 12.7. The smallest absolute Gasteiger partial charge is 0.248 e. The van der Waals surface area contributed by atoms with Crippen molar-refractivity contribution in [3.05, 3.63) is 0 Å². The molecule has 7 heteroatoms. The van der Waals surface area contributed by atoms with E-state index in [9.17, 15) is 18.4 Å². The molecule has 0 bridgehead atoms. The second-order valence-corrected chi connectivity index (χ2v) is 6.16. The van der Waals surface area contributed by atoms with Crippen LogP contribution in [0.25, 0.3) is 0 Å². The Morgan fingerprint density at radius 3 is 2.45 bits per heavy atom. The Morgan fingerprint density at radius 1 is 1.35 bits per heavy atom. The number of hydrogen-bond donors (Lipinski definition) is 2. The van der Waals surface area contributed by atoms with Gasteiger partial charge in [-0.15, -0.1) is 0 Å². The lowest BCUT2D eigenvalue weighted by Gasteiger charge is -2.30. The first kappa shape index (κ1) is 17.2. The quantitative estimate of drug-likeness (QED) is 0.788. The molecule has 1 saturated carbocycles. The Bertz CT molecular complexity index is 343. The van der Waals surface area contributed by atoms with E-state index in [2.05, 4.69) is 10.6 Å². The van der Waals surface area contributed by atoms with Crippen LogP contribution in [0.1, 0.15) is 39.0 Å². The second kappa shape index (κ2) is 7.81. The van der Waals surface area contributed by atoms with Crippen molar-refractivity contribution in [2.45, 2.75) is 57.0 Å². The maximum absolute atomic E-state index is 13.0. The predicted molar refractivity (Wildman–Crippen MR) is 75.9 cm³/mol. The molecule has 2 N–H and O–H groups in total. The van der Waals surface area contributed by atoms with Crippen molar-refractivity contribution in [1.29, 1.82) is 0 Å². The maximum Gasteiger partial charge on any atom is 0.248 e. The highest BCUT2D eigenvalue weighted by atomic mass is 32.2. The minimum Gasteiger partial charge on any atom is -0.352 e. The highest BCUT2D eigenvalue weighted by Gasteiger charge is 2.35. The number of hydrogen-bond acceptors (Lipinski definition) is 3. The van der Waals surface area contributed by atoms with Crippen LogP contribution in [-0.4, -0.2) is 41.8 Å². The minimum atomic E-state index is -2.60. The number of halogens is 2. The molecule has 4 nitrogen and oxygen atoms in total. The first-order chi connectivity index (χ1) is 9.34. The monoisotopic (exact) mass is 308 g/mol.